The van der Waals surface area contributed by atoms with Gasteiger partial charge in [-0.05, 0) is 31.5 Å². The predicted octanol–water partition coefficient (Wildman–Crippen LogP) is 2.50. The maximum absolute atomic E-state index is 10.9. The Morgan fingerprint density at radius 3 is 2.55 bits per heavy atom. The van der Waals surface area contributed by atoms with Gasteiger partial charge in [0.1, 0.15) is 5.75 Å². The van der Waals surface area contributed by atoms with Gasteiger partial charge < -0.3 is 14.4 Å². The van der Waals surface area contributed by atoms with Gasteiger partial charge in [0.25, 0.3) is 5.69 Å². The molecule has 6 nitrogen and oxygen atoms in total. The van der Waals surface area contributed by atoms with Gasteiger partial charge in [-0.25, -0.2) is 0 Å². The topological polar surface area (TPSA) is 77.5 Å². The number of hydrogen-bond acceptors (Lipinski definition) is 4. The van der Waals surface area contributed by atoms with Crippen LogP contribution in [-0.2, 0) is 6.61 Å². The summed E-state index contributed by atoms with van der Waals surface area (Å²) in [5.74, 6) is 0.543. The Labute approximate surface area is 116 Å². The smallest absolute Gasteiger partial charge is 0.271 e. The number of hydrogen-bond donors (Lipinski definition) is 1. The molecule has 0 unspecified atom stereocenters. The lowest BCUT2D eigenvalue weighted by Gasteiger charge is -2.13. The van der Waals surface area contributed by atoms with Crippen molar-refractivity contribution in [1.82, 2.24) is 4.57 Å². The Hall–Kier alpha value is -2.34. The van der Waals surface area contributed by atoms with Crippen molar-refractivity contribution in [2.75, 3.05) is 7.11 Å². The maximum atomic E-state index is 10.9. The molecule has 0 bridgehead atoms. The zero-order chi connectivity index (χ0) is 14.9. The van der Waals surface area contributed by atoms with Crippen LogP contribution in [0.3, 0.4) is 0 Å². The molecule has 20 heavy (non-hydrogen) atoms. The van der Waals surface area contributed by atoms with Crippen molar-refractivity contribution in [3.63, 3.8) is 0 Å². The molecule has 0 saturated carbocycles. The van der Waals surface area contributed by atoms with Crippen LogP contribution in [0.2, 0.25) is 0 Å². The average Bonchev–Trinajstić information content (AvgIpc) is 2.72. The number of aliphatic hydroxyl groups is 1. The van der Waals surface area contributed by atoms with E-state index in [1.165, 1.54) is 19.2 Å². The number of non-ortho nitro benzene ring substituents is 1. The number of nitrogens with zero attached hydrogens (tertiary/aromatic N) is 2. The number of methoxy groups -OCH3 is 1. The maximum Gasteiger partial charge on any atom is 0.271 e. The number of rotatable bonds is 4. The molecule has 0 radical (unpaired) electrons. The van der Waals surface area contributed by atoms with E-state index in [4.69, 9.17) is 4.74 Å². The molecule has 0 aliphatic heterocycles. The minimum Gasteiger partial charge on any atom is -0.495 e. The van der Waals surface area contributed by atoms with Gasteiger partial charge in [-0.2, -0.15) is 0 Å². The zero-order valence-corrected chi connectivity index (χ0v) is 11.6. The van der Waals surface area contributed by atoms with E-state index in [0.717, 1.165) is 17.0 Å². The first-order valence-electron chi connectivity index (χ1n) is 6.11. The van der Waals surface area contributed by atoms with Gasteiger partial charge in [0.15, 0.2) is 0 Å². The Morgan fingerprint density at radius 1 is 1.35 bits per heavy atom. The summed E-state index contributed by atoms with van der Waals surface area (Å²) in [7, 11) is 1.52. The lowest BCUT2D eigenvalue weighted by Crippen LogP contribution is -2.03. The minimum absolute atomic E-state index is 0.00107. The molecule has 0 amide bonds. The van der Waals surface area contributed by atoms with E-state index in [1.54, 1.807) is 6.07 Å². The molecule has 0 aliphatic carbocycles. The van der Waals surface area contributed by atoms with Crippen LogP contribution in [0.1, 0.15) is 17.0 Å². The summed E-state index contributed by atoms with van der Waals surface area (Å²) in [5.41, 5.74) is 3.10. The number of ether oxygens (including phenoxy) is 1. The van der Waals surface area contributed by atoms with Crippen molar-refractivity contribution in [2.45, 2.75) is 20.5 Å². The van der Waals surface area contributed by atoms with Crippen LogP contribution >= 0.6 is 0 Å². The lowest BCUT2D eigenvalue weighted by atomic mass is 10.2. The van der Waals surface area contributed by atoms with Crippen molar-refractivity contribution in [1.29, 1.82) is 0 Å². The third kappa shape index (κ3) is 2.25. The summed E-state index contributed by atoms with van der Waals surface area (Å²) in [5, 5.41) is 20.3. The molecule has 0 atom stereocenters. The van der Waals surface area contributed by atoms with Gasteiger partial charge in [-0.15, -0.1) is 0 Å². The van der Waals surface area contributed by atoms with Crippen molar-refractivity contribution >= 4 is 5.69 Å². The number of nitro benzene ring substituents is 1. The number of aliphatic hydroxyl groups excluding tert-OH is 1. The largest absolute Gasteiger partial charge is 0.495 e. The van der Waals surface area contributed by atoms with E-state index in [2.05, 4.69) is 0 Å². The zero-order valence-electron chi connectivity index (χ0n) is 11.6. The Kier molecular flexibility index (Phi) is 3.76. The van der Waals surface area contributed by atoms with Crippen molar-refractivity contribution in [3.8, 4) is 11.4 Å². The number of aryl methyl sites for hydroxylation is 1. The molecule has 0 fully saturated rings. The highest BCUT2D eigenvalue weighted by molar-refractivity contribution is 5.56. The Morgan fingerprint density at radius 2 is 2.05 bits per heavy atom. The summed E-state index contributed by atoms with van der Waals surface area (Å²) in [6.07, 6.45) is 0. The Balaban J connectivity index is 2.70. The molecule has 0 aliphatic rings. The summed E-state index contributed by atoms with van der Waals surface area (Å²) in [4.78, 5) is 10.5. The molecular formula is C14H16N2O4. The van der Waals surface area contributed by atoms with E-state index >= 15 is 0 Å². The first kappa shape index (κ1) is 14.1. The van der Waals surface area contributed by atoms with E-state index in [0.29, 0.717) is 11.4 Å². The lowest BCUT2D eigenvalue weighted by molar-refractivity contribution is -0.384. The molecule has 1 aromatic carbocycles. The van der Waals surface area contributed by atoms with Crippen LogP contribution in [0.15, 0.2) is 24.3 Å². The summed E-state index contributed by atoms with van der Waals surface area (Å²) < 4.78 is 7.13. The second kappa shape index (κ2) is 5.34. The van der Waals surface area contributed by atoms with E-state index in [9.17, 15) is 15.2 Å². The highest BCUT2D eigenvalue weighted by Gasteiger charge is 2.17. The van der Waals surface area contributed by atoms with Crippen LogP contribution in [-0.4, -0.2) is 21.7 Å². The van der Waals surface area contributed by atoms with E-state index in [1.807, 2.05) is 24.5 Å². The highest BCUT2D eigenvalue weighted by atomic mass is 16.6. The summed E-state index contributed by atoms with van der Waals surface area (Å²) in [6, 6.07) is 6.31. The summed E-state index contributed by atoms with van der Waals surface area (Å²) in [6.45, 7) is 3.66. The average molecular weight is 276 g/mol. The van der Waals surface area contributed by atoms with Gasteiger partial charge in [0.05, 0.1) is 24.3 Å². The molecule has 2 aromatic rings. The molecule has 1 heterocycles. The van der Waals surface area contributed by atoms with E-state index < -0.39 is 4.92 Å². The number of nitro groups is 1. The third-order valence-corrected chi connectivity index (χ3v) is 3.32. The molecule has 1 aromatic heterocycles. The minimum atomic E-state index is -0.440. The van der Waals surface area contributed by atoms with Crippen molar-refractivity contribution in [3.05, 3.63) is 51.3 Å². The third-order valence-electron chi connectivity index (χ3n) is 3.32. The first-order valence-corrected chi connectivity index (χ1v) is 6.11. The highest BCUT2D eigenvalue weighted by Crippen LogP contribution is 2.31. The van der Waals surface area contributed by atoms with Gasteiger partial charge in [0.2, 0.25) is 0 Å². The molecule has 6 heteroatoms. The second-order valence-corrected chi connectivity index (χ2v) is 4.50. The monoisotopic (exact) mass is 276 g/mol. The molecule has 106 valence electrons. The summed E-state index contributed by atoms with van der Waals surface area (Å²) >= 11 is 0. The fourth-order valence-corrected chi connectivity index (χ4v) is 2.33. The predicted molar refractivity (Wildman–Crippen MR) is 74.4 cm³/mol. The van der Waals surface area contributed by atoms with Gasteiger partial charge >= 0.3 is 0 Å². The SMILES string of the molecule is COc1ccc([N+](=O)[O-])cc1-n1c(C)cc(CO)c1C. The van der Waals surface area contributed by atoms with Gasteiger partial charge in [-0.1, -0.05) is 0 Å². The number of benzene rings is 1. The van der Waals surface area contributed by atoms with Crippen LogP contribution in [0.5, 0.6) is 5.75 Å². The standard InChI is InChI=1S/C14H16N2O4/c1-9-6-11(8-17)10(2)15(9)13-7-12(16(18)19)4-5-14(13)20-3/h4-7,17H,8H2,1-3H3. The normalized spacial score (nSPS) is 10.6. The van der Waals surface area contributed by atoms with E-state index in [-0.39, 0.29) is 12.3 Å². The fourth-order valence-electron chi connectivity index (χ4n) is 2.33. The molecular weight excluding hydrogens is 260 g/mol. The quantitative estimate of drug-likeness (QED) is 0.687. The molecule has 0 spiro atoms. The molecule has 2 rings (SSSR count). The number of aromatic nitrogens is 1. The van der Waals surface area contributed by atoms with Gasteiger partial charge in [0, 0.05) is 23.5 Å². The second-order valence-electron chi connectivity index (χ2n) is 4.50. The first-order chi connectivity index (χ1) is 9.49. The van der Waals surface area contributed by atoms with Crippen LogP contribution in [0, 0.1) is 24.0 Å². The van der Waals surface area contributed by atoms with Crippen molar-refractivity contribution < 1.29 is 14.8 Å². The van der Waals surface area contributed by atoms with Crippen LogP contribution in [0.25, 0.3) is 5.69 Å². The molecule has 0 saturated heterocycles. The Bertz CT molecular complexity index is 661. The fraction of sp³-hybridized carbons (Fsp3) is 0.286. The van der Waals surface area contributed by atoms with Crippen molar-refractivity contribution in [2.24, 2.45) is 0 Å². The van der Waals surface area contributed by atoms with Crippen LogP contribution < -0.4 is 4.74 Å². The van der Waals surface area contributed by atoms with Crippen LogP contribution in [0.4, 0.5) is 5.69 Å². The van der Waals surface area contributed by atoms with Gasteiger partial charge in [-0.3, -0.25) is 10.1 Å². The molecule has 1 N–H and O–H groups in total.